The molecule has 0 saturated carbocycles. The van der Waals surface area contributed by atoms with Gasteiger partial charge in [0.25, 0.3) is 5.91 Å². The number of halogens is 3. The van der Waals surface area contributed by atoms with Gasteiger partial charge in [0.1, 0.15) is 5.75 Å². The predicted octanol–water partition coefficient (Wildman–Crippen LogP) is 5.36. The van der Waals surface area contributed by atoms with Crippen LogP contribution in [0.2, 0.25) is 0 Å². The molecule has 1 aliphatic carbocycles. The number of alkyl halides is 3. The SMILES string of the molecule is COc1cc(C2=CC[C@@H](C(F)(F)F)CC2)c2ncc(C(=O)NCCc3ccccn3)cc2c1. The number of carbonyl (C=O) groups excluding carboxylic acids is 1. The van der Waals surface area contributed by atoms with Crippen LogP contribution < -0.4 is 10.1 Å². The third-order valence-corrected chi connectivity index (χ3v) is 5.87. The van der Waals surface area contributed by atoms with Crippen LogP contribution in [-0.2, 0) is 6.42 Å². The first kappa shape index (κ1) is 22.8. The average molecular weight is 455 g/mol. The molecule has 2 aromatic heterocycles. The lowest BCUT2D eigenvalue weighted by atomic mass is 9.85. The van der Waals surface area contributed by atoms with Crippen molar-refractivity contribution in [2.75, 3.05) is 13.7 Å². The van der Waals surface area contributed by atoms with Crippen molar-refractivity contribution in [1.82, 2.24) is 15.3 Å². The molecule has 0 unspecified atom stereocenters. The summed E-state index contributed by atoms with van der Waals surface area (Å²) < 4.78 is 44.5. The molecule has 5 nitrogen and oxygen atoms in total. The maximum absolute atomic E-state index is 13.0. The molecule has 0 radical (unpaired) electrons. The van der Waals surface area contributed by atoms with Gasteiger partial charge < -0.3 is 10.1 Å². The van der Waals surface area contributed by atoms with Crippen LogP contribution in [0.4, 0.5) is 13.2 Å². The summed E-state index contributed by atoms with van der Waals surface area (Å²) in [7, 11) is 1.53. The van der Waals surface area contributed by atoms with E-state index in [1.807, 2.05) is 18.2 Å². The van der Waals surface area contributed by atoms with E-state index in [-0.39, 0.29) is 18.7 Å². The molecule has 0 aliphatic heterocycles. The van der Waals surface area contributed by atoms with Crippen molar-refractivity contribution in [3.05, 3.63) is 71.7 Å². The van der Waals surface area contributed by atoms with Gasteiger partial charge in [-0.1, -0.05) is 12.1 Å². The second kappa shape index (κ2) is 9.60. The van der Waals surface area contributed by atoms with Gasteiger partial charge in [-0.3, -0.25) is 14.8 Å². The molecule has 0 fully saturated rings. The van der Waals surface area contributed by atoms with Gasteiger partial charge >= 0.3 is 6.18 Å². The average Bonchev–Trinajstić information content (AvgIpc) is 2.83. The molecule has 1 N–H and O–H groups in total. The van der Waals surface area contributed by atoms with Gasteiger partial charge in [-0.05, 0) is 55.2 Å². The smallest absolute Gasteiger partial charge is 0.392 e. The van der Waals surface area contributed by atoms with Gasteiger partial charge in [-0.25, -0.2) is 0 Å². The van der Waals surface area contributed by atoms with E-state index in [0.717, 1.165) is 16.8 Å². The number of benzene rings is 1. The summed E-state index contributed by atoms with van der Waals surface area (Å²) in [5, 5.41) is 3.56. The van der Waals surface area contributed by atoms with Crippen LogP contribution in [0.3, 0.4) is 0 Å². The Morgan fingerprint density at radius 1 is 1.21 bits per heavy atom. The standard InChI is InChI=1S/C25H24F3N3O2/c1-33-21-13-17-12-18(24(32)30-11-9-20-4-2-3-10-29-20)15-31-23(17)22(14-21)16-5-7-19(8-6-16)25(26,27)28/h2-5,10,12-15,19H,6-9,11H2,1H3,(H,30,32)/t19-/m1/s1. The van der Waals surface area contributed by atoms with Crippen molar-refractivity contribution in [2.24, 2.45) is 5.92 Å². The normalized spacial score (nSPS) is 16.4. The van der Waals surface area contributed by atoms with E-state index in [1.165, 1.54) is 13.3 Å². The number of pyridine rings is 2. The van der Waals surface area contributed by atoms with E-state index < -0.39 is 12.1 Å². The van der Waals surface area contributed by atoms with Crippen molar-refractivity contribution in [3.8, 4) is 5.75 Å². The van der Waals surface area contributed by atoms with E-state index in [2.05, 4.69) is 15.3 Å². The summed E-state index contributed by atoms with van der Waals surface area (Å²) >= 11 is 0. The third-order valence-electron chi connectivity index (χ3n) is 5.87. The van der Waals surface area contributed by atoms with E-state index >= 15 is 0 Å². The number of methoxy groups -OCH3 is 1. The van der Waals surface area contributed by atoms with Crippen molar-refractivity contribution in [2.45, 2.75) is 31.9 Å². The molecule has 3 aromatic rings. The van der Waals surface area contributed by atoms with Gasteiger partial charge in [0, 0.05) is 42.0 Å². The maximum Gasteiger partial charge on any atom is 0.392 e. The molecule has 0 spiro atoms. The zero-order valence-corrected chi connectivity index (χ0v) is 18.2. The van der Waals surface area contributed by atoms with E-state index in [1.54, 1.807) is 30.5 Å². The Balaban J connectivity index is 1.55. The molecule has 0 saturated heterocycles. The molecule has 2 heterocycles. The Labute approximate surface area is 189 Å². The van der Waals surface area contributed by atoms with Crippen molar-refractivity contribution in [1.29, 1.82) is 0 Å². The number of ether oxygens (including phenoxy) is 1. The van der Waals surface area contributed by atoms with E-state index in [0.29, 0.717) is 41.6 Å². The zero-order chi connectivity index (χ0) is 23.4. The number of hydrogen-bond donors (Lipinski definition) is 1. The molecule has 0 bridgehead atoms. The van der Waals surface area contributed by atoms with E-state index in [4.69, 9.17) is 4.74 Å². The van der Waals surface area contributed by atoms with Gasteiger partial charge in [0.2, 0.25) is 0 Å². The Hall–Kier alpha value is -3.42. The van der Waals surface area contributed by atoms with E-state index in [9.17, 15) is 18.0 Å². The molecular formula is C25H24F3N3O2. The number of nitrogens with one attached hydrogen (secondary N) is 1. The Bertz CT molecular complexity index is 1180. The fourth-order valence-electron chi connectivity index (χ4n) is 4.04. The van der Waals surface area contributed by atoms with Crippen LogP contribution in [0.15, 0.2) is 54.9 Å². The van der Waals surface area contributed by atoms with Gasteiger partial charge in [0.15, 0.2) is 0 Å². The number of allylic oxidation sites excluding steroid dienone is 2. The highest BCUT2D eigenvalue weighted by Crippen LogP contribution is 2.41. The largest absolute Gasteiger partial charge is 0.497 e. The molecule has 1 atom stereocenters. The number of rotatable bonds is 6. The molecule has 1 aliphatic rings. The number of aromatic nitrogens is 2. The summed E-state index contributed by atoms with van der Waals surface area (Å²) in [6, 6.07) is 10.9. The molecular weight excluding hydrogens is 431 g/mol. The first-order valence-electron chi connectivity index (χ1n) is 10.8. The van der Waals surface area contributed by atoms with Crippen molar-refractivity contribution >= 4 is 22.4 Å². The van der Waals surface area contributed by atoms with Crippen LogP contribution in [0, 0.1) is 5.92 Å². The Morgan fingerprint density at radius 3 is 2.73 bits per heavy atom. The van der Waals surface area contributed by atoms with Gasteiger partial charge in [-0.2, -0.15) is 13.2 Å². The molecule has 8 heteroatoms. The molecule has 4 rings (SSSR count). The second-order valence-corrected chi connectivity index (χ2v) is 8.04. The van der Waals surface area contributed by atoms with Crippen molar-refractivity contribution in [3.63, 3.8) is 0 Å². The lowest BCUT2D eigenvalue weighted by Gasteiger charge is -2.24. The highest BCUT2D eigenvalue weighted by atomic mass is 19.4. The number of fused-ring (bicyclic) bond motifs is 1. The fraction of sp³-hybridized carbons (Fsp3) is 0.320. The summed E-state index contributed by atoms with van der Waals surface area (Å²) in [6.07, 6.45) is 1.59. The van der Waals surface area contributed by atoms with Crippen LogP contribution >= 0.6 is 0 Å². The lowest BCUT2D eigenvalue weighted by Crippen LogP contribution is -2.26. The zero-order valence-electron chi connectivity index (χ0n) is 18.2. The fourth-order valence-corrected chi connectivity index (χ4v) is 4.04. The summed E-state index contributed by atoms with van der Waals surface area (Å²) in [5.74, 6) is -1.01. The minimum Gasteiger partial charge on any atom is -0.497 e. The van der Waals surface area contributed by atoms with Crippen molar-refractivity contribution < 1.29 is 22.7 Å². The second-order valence-electron chi connectivity index (χ2n) is 8.04. The first-order chi connectivity index (χ1) is 15.8. The maximum atomic E-state index is 13.0. The number of carbonyl (C=O) groups is 1. The summed E-state index contributed by atoms with van der Waals surface area (Å²) in [5.41, 5.74) is 3.49. The topological polar surface area (TPSA) is 64.1 Å². The minimum atomic E-state index is -4.18. The number of hydrogen-bond acceptors (Lipinski definition) is 4. The highest BCUT2D eigenvalue weighted by Gasteiger charge is 2.39. The third kappa shape index (κ3) is 5.32. The monoisotopic (exact) mass is 455 g/mol. The molecule has 33 heavy (non-hydrogen) atoms. The molecule has 1 aromatic carbocycles. The van der Waals surface area contributed by atoms with Crippen LogP contribution in [0.25, 0.3) is 16.5 Å². The molecule has 1 amide bonds. The highest BCUT2D eigenvalue weighted by molar-refractivity contribution is 5.99. The lowest BCUT2D eigenvalue weighted by molar-refractivity contribution is -0.175. The predicted molar refractivity (Wildman–Crippen MR) is 120 cm³/mol. The summed E-state index contributed by atoms with van der Waals surface area (Å²) in [4.78, 5) is 21.4. The number of amides is 1. The number of nitrogens with zero attached hydrogens (tertiary/aromatic N) is 2. The minimum absolute atomic E-state index is 0.0464. The molecule has 172 valence electrons. The van der Waals surface area contributed by atoms with Crippen LogP contribution in [-0.4, -0.2) is 35.7 Å². The van der Waals surface area contributed by atoms with Crippen LogP contribution in [0.5, 0.6) is 5.75 Å². The Kier molecular flexibility index (Phi) is 6.62. The summed E-state index contributed by atoms with van der Waals surface area (Å²) in [6.45, 7) is 0.435. The quantitative estimate of drug-likeness (QED) is 0.544. The first-order valence-corrected chi connectivity index (χ1v) is 10.8. The van der Waals surface area contributed by atoms with Gasteiger partial charge in [0.05, 0.1) is 24.1 Å². The van der Waals surface area contributed by atoms with Crippen LogP contribution in [0.1, 0.15) is 40.9 Å². The van der Waals surface area contributed by atoms with Gasteiger partial charge in [-0.15, -0.1) is 0 Å². The Morgan fingerprint density at radius 2 is 2.06 bits per heavy atom.